The number of carbonyl (C=O) groups is 1. The number of thiophene rings is 1. The summed E-state index contributed by atoms with van der Waals surface area (Å²) in [6.07, 6.45) is 0. The number of rotatable bonds is 2. The monoisotopic (exact) mass is 331 g/mol. The van der Waals surface area contributed by atoms with Crippen LogP contribution in [0, 0.1) is 0 Å². The maximum Gasteiger partial charge on any atom is 0.259 e. The SMILES string of the molecule is O=C1NC(c2ccccc2)=NC(c2ccsc2)=Nc2ccccc21. The highest BCUT2D eigenvalue weighted by Crippen LogP contribution is 2.23. The summed E-state index contributed by atoms with van der Waals surface area (Å²) in [5, 5.41) is 6.90. The molecule has 0 radical (unpaired) electrons. The van der Waals surface area contributed by atoms with Gasteiger partial charge in [0.15, 0.2) is 5.84 Å². The number of amides is 1. The summed E-state index contributed by atoms with van der Waals surface area (Å²) in [5.41, 5.74) is 2.92. The van der Waals surface area contributed by atoms with Gasteiger partial charge >= 0.3 is 0 Å². The Morgan fingerprint density at radius 1 is 0.833 bits per heavy atom. The van der Waals surface area contributed by atoms with Gasteiger partial charge in [0.05, 0.1) is 11.3 Å². The molecule has 1 N–H and O–H groups in total. The minimum absolute atomic E-state index is 0.207. The van der Waals surface area contributed by atoms with Crippen LogP contribution in [0.2, 0.25) is 0 Å². The zero-order chi connectivity index (χ0) is 16.4. The van der Waals surface area contributed by atoms with Crippen molar-refractivity contribution in [1.82, 2.24) is 5.32 Å². The molecule has 1 aromatic heterocycles. The molecule has 3 aromatic rings. The summed E-state index contributed by atoms with van der Waals surface area (Å²) in [7, 11) is 0. The number of nitrogens with zero attached hydrogens (tertiary/aromatic N) is 2. The second-order valence-corrected chi connectivity index (χ2v) is 6.03. The Morgan fingerprint density at radius 2 is 1.62 bits per heavy atom. The molecule has 0 unspecified atom stereocenters. The lowest BCUT2D eigenvalue weighted by Gasteiger charge is -2.14. The molecule has 0 aliphatic carbocycles. The summed E-state index contributed by atoms with van der Waals surface area (Å²) in [6, 6.07) is 18.9. The Labute approximate surface area is 143 Å². The Morgan fingerprint density at radius 3 is 2.42 bits per heavy atom. The molecule has 0 bridgehead atoms. The van der Waals surface area contributed by atoms with E-state index in [9.17, 15) is 4.79 Å². The van der Waals surface area contributed by atoms with E-state index >= 15 is 0 Å². The van der Waals surface area contributed by atoms with Crippen molar-refractivity contribution in [3.63, 3.8) is 0 Å². The molecule has 1 aliphatic rings. The smallest absolute Gasteiger partial charge is 0.259 e. The number of amidine groups is 2. The average Bonchev–Trinajstić information content (AvgIpc) is 3.14. The van der Waals surface area contributed by atoms with Crippen LogP contribution in [0.15, 0.2) is 81.4 Å². The van der Waals surface area contributed by atoms with E-state index in [0.29, 0.717) is 22.9 Å². The fourth-order valence-electron chi connectivity index (χ4n) is 2.46. The molecule has 0 atom stereocenters. The first-order chi connectivity index (χ1) is 11.8. The van der Waals surface area contributed by atoms with Crippen molar-refractivity contribution in [2.45, 2.75) is 0 Å². The van der Waals surface area contributed by atoms with Crippen LogP contribution in [0.5, 0.6) is 0 Å². The Hall–Kier alpha value is -3.05. The highest BCUT2D eigenvalue weighted by Gasteiger charge is 2.18. The third kappa shape index (κ3) is 2.77. The number of benzene rings is 2. The topological polar surface area (TPSA) is 53.8 Å². The van der Waals surface area contributed by atoms with E-state index in [-0.39, 0.29) is 5.91 Å². The first kappa shape index (κ1) is 14.5. The molecule has 2 heterocycles. The number of carbonyl (C=O) groups excluding carboxylic acids is 1. The molecule has 0 saturated heterocycles. The predicted molar refractivity (Wildman–Crippen MR) is 97.4 cm³/mol. The van der Waals surface area contributed by atoms with Gasteiger partial charge in [0.25, 0.3) is 5.91 Å². The number of nitrogens with one attached hydrogen (secondary N) is 1. The fourth-order valence-corrected chi connectivity index (χ4v) is 3.10. The first-order valence-electron chi connectivity index (χ1n) is 7.47. The second-order valence-electron chi connectivity index (χ2n) is 5.25. The van der Waals surface area contributed by atoms with Gasteiger partial charge in [0.1, 0.15) is 5.84 Å². The molecular weight excluding hydrogens is 318 g/mol. The first-order valence-corrected chi connectivity index (χ1v) is 8.41. The van der Waals surface area contributed by atoms with Gasteiger partial charge in [-0.15, -0.1) is 0 Å². The van der Waals surface area contributed by atoms with Gasteiger partial charge in [0, 0.05) is 16.5 Å². The molecule has 4 rings (SSSR count). The number of para-hydroxylation sites is 1. The van der Waals surface area contributed by atoms with Crippen molar-refractivity contribution in [3.8, 4) is 0 Å². The third-order valence-electron chi connectivity index (χ3n) is 3.65. The maximum absolute atomic E-state index is 12.6. The molecule has 1 aliphatic heterocycles. The van der Waals surface area contributed by atoms with E-state index < -0.39 is 0 Å². The van der Waals surface area contributed by atoms with Crippen LogP contribution in [-0.4, -0.2) is 17.6 Å². The maximum atomic E-state index is 12.6. The van der Waals surface area contributed by atoms with Crippen LogP contribution < -0.4 is 5.32 Å². The molecule has 5 heteroatoms. The molecule has 1 amide bonds. The van der Waals surface area contributed by atoms with Gasteiger partial charge in [-0.25, -0.2) is 9.98 Å². The van der Waals surface area contributed by atoms with Crippen LogP contribution >= 0.6 is 11.3 Å². The lowest BCUT2D eigenvalue weighted by atomic mass is 10.1. The van der Waals surface area contributed by atoms with E-state index in [1.54, 1.807) is 17.4 Å². The lowest BCUT2D eigenvalue weighted by molar-refractivity contribution is 0.0978. The molecule has 0 spiro atoms. The Bertz CT molecular complexity index is 944. The molecule has 0 saturated carbocycles. The lowest BCUT2D eigenvalue weighted by Crippen LogP contribution is -2.33. The molecule has 4 nitrogen and oxygen atoms in total. The number of aliphatic imine (C=N–C) groups is 2. The quantitative estimate of drug-likeness (QED) is 0.758. The summed E-state index contributed by atoms with van der Waals surface area (Å²) < 4.78 is 0. The molecule has 24 heavy (non-hydrogen) atoms. The Balaban J connectivity index is 1.92. The van der Waals surface area contributed by atoms with Gasteiger partial charge in [-0.1, -0.05) is 42.5 Å². The largest absolute Gasteiger partial charge is 0.306 e. The van der Waals surface area contributed by atoms with Gasteiger partial charge < -0.3 is 5.32 Å². The van der Waals surface area contributed by atoms with E-state index in [4.69, 9.17) is 0 Å². The summed E-state index contributed by atoms with van der Waals surface area (Å²) in [6.45, 7) is 0. The van der Waals surface area contributed by atoms with Crippen molar-refractivity contribution >= 4 is 34.6 Å². The molecule has 116 valence electrons. The minimum Gasteiger partial charge on any atom is -0.306 e. The van der Waals surface area contributed by atoms with Crippen molar-refractivity contribution < 1.29 is 4.79 Å². The van der Waals surface area contributed by atoms with Crippen LogP contribution in [0.25, 0.3) is 0 Å². The summed E-state index contributed by atoms with van der Waals surface area (Å²) in [5.74, 6) is 0.879. The number of hydrogen-bond acceptors (Lipinski definition) is 4. The van der Waals surface area contributed by atoms with Gasteiger partial charge in [-0.2, -0.15) is 11.3 Å². The zero-order valence-electron chi connectivity index (χ0n) is 12.6. The van der Waals surface area contributed by atoms with Crippen LogP contribution in [-0.2, 0) is 0 Å². The summed E-state index contributed by atoms with van der Waals surface area (Å²) >= 11 is 1.59. The van der Waals surface area contributed by atoms with Crippen LogP contribution in [0.1, 0.15) is 21.5 Å². The van der Waals surface area contributed by atoms with E-state index in [2.05, 4.69) is 15.3 Å². The Kier molecular flexibility index (Phi) is 3.76. The number of fused-ring (bicyclic) bond motifs is 1. The van der Waals surface area contributed by atoms with Crippen molar-refractivity contribution in [3.05, 3.63) is 88.1 Å². The predicted octanol–water partition coefficient (Wildman–Crippen LogP) is 4.02. The molecular formula is C19H13N3OS. The van der Waals surface area contributed by atoms with E-state index in [1.807, 2.05) is 65.4 Å². The van der Waals surface area contributed by atoms with Crippen LogP contribution in [0.4, 0.5) is 5.69 Å². The fraction of sp³-hybridized carbons (Fsp3) is 0. The minimum atomic E-state index is -0.207. The second kappa shape index (κ2) is 6.22. The van der Waals surface area contributed by atoms with Crippen molar-refractivity contribution in [1.29, 1.82) is 0 Å². The third-order valence-corrected chi connectivity index (χ3v) is 4.33. The van der Waals surface area contributed by atoms with Crippen molar-refractivity contribution in [2.24, 2.45) is 9.98 Å². The van der Waals surface area contributed by atoms with Crippen molar-refractivity contribution in [2.75, 3.05) is 0 Å². The van der Waals surface area contributed by atoms with Gasteiger partial charge in [-0.3, -0.25) is 4.79 Å². The molecule has 2 aromatic carbocycles. The highest BCUT2D eigenvalue weighted by atomic mass is 32.1. The van der Waals surface area contributed by atoms with E-state index in [0.717, 1.165) is 11.1 Å². The van der Waals surface area contributed by atoms with Crippen LogP contribution in [0.3, 0.4) is 0 Å². The average molecular weight is 331 g/mol. The summed E-state index contributed by atoms with van der Waals surface area (Å²) in [4.78, 5) is 21.9. The number of hydrogen-bond donors (Lipinski definition) is 1. The van der Waals surface area contributed by atoms with E-state index in [1.165, 1.54) is 0 Å². The highest BCUT2D eigenvalue weighted by molar-refractivity contribution is 7.08. The normalized spacial score (nSPS) is 13.9. The van der Waals surface area contributed by atoms with Gasteiger partial charge in [-0.05, 0) is 23.6 Å². The zero-order valence-corrected chi connectivity index (χ0v) is 13.5. The molecule has 0 fully saturated rings. The standard InChI is InChI=1S/C19H13N3OS/c23-19-15-8-4-5-9-16(15)20-18(14-10-11-24-12-14)21-17(22-19)13-6-2-1-3-7-13/h1-12H,(H,20,21,22,23). The van der Waals surface area contributed by atoms with Gasteiger partial charge in [0.2, 0.25) is 0 Å².